The molecule has 112 valence electrons. The molecule has 0 spiro atoms. The summed E-state index contributed by atoms with van der Waals surface area (Å²) in [5, 5.41) is 9.55. The maximum Gasteiger partial charge on any atom is 0.122 e. The molecule has 1 unspecified atom stereocenters. The Balaban J connectivity index is 1.85. The Hall–Kier alpha value is -2.00. The fourth-order valence-electron chi connectivity index (χ4n) is 2.30. The minimum Gasteiger partial charge on any atom is -0.496 e. The van der Waals surface area contributed by atoms with Crippen LogP contribution in [-0.4, -0.2) is 25.4 Å². The third-order valence-electron chi connectivity index (χ3n) is 3.50. The van der Waals surface area contributed by atoms with Crippen LogP contribution >= 0.6 is 0 Å². The average molecular weight is 286 g/mol. The molecule has 0 fully saturated rings. The molecule has 3 heteroatoms. The number of benzene rings is 2. The molecule has 0 aromatic heterocycles. The van der Waals surface area contributed by atoms with E-state index >= 15 is 0 Å². The Kier molecular flexibility index (Phi) is 6.10. The van der Waals surface area contributed by atoms with Crippen LogP contribution in [0.25, 0.3) is 0 Å². The summed E-state index contributed by atoms with van der Waals surface area (Å²) in [6.45, 7) is 0.751. The molecule has 1 N–H and O–H groups in total. The predicted octanol–water partition coefficient (Wildman–Crippen LogP) is 3.32. The maximum atomic E-state index is 9.55. The summed E-state index contributed by atoms with van der Waals surface area (Å²) in [5.74, 6) is 1.91. The molecule has 0 saturated carbocycles. The van der Waals surface area contributed by atoms with Gasteiger partial charge in [-0.1, -0.05) is 36.4 Å². The molecule has 21 heavy (non-hydrogen) atoms. The highest BCUT2D eigenvalue weighted by Gasteiger charge is 2.12. The second-order valence-electron chi connectivity index (χ2n) is 5.01. The van der Waals surface area contributed by atoms with Crippen LogP contribution in [0.5, 0.6) is 11.5 Å². The smallest absolute Gasteiger partial charge is 0.122 e. The molecule has 1 atom stereocenters. The van der Waals surface area contributed by atoms with E-state index in [9.17, 15) is 5.11 Å². The molecule has 0 amide bonds. The van der Waals surface area contributed by atoms with Crippen molar-refractivity contribution in [2.24, 2.45) is 5.92 Å². The number of hydrogen-bond donors (Lipinski definition) is 1. The van der Waals surface area contributed by atoms with E-state index in [1.807, 2.05) is 54.6 Å². The van der Waals surface area contributed by atoms with Crippen LogP contribution in [0.2, 0.25) is 0 Å². The van der Waals surface area contributed by atoms with E-state index in [0.717, 1.165) is 29.9 Å². The van der Waals surface area contributed by atoms with Crippen molar-refractivity contribution in [1.82, 2.24) is 0 Å². The summed E-state index contributed by atoms with van der Waals surface area (Å²) >= 11 is 0. The fourth-order valence-corrected chi connectivity index (χ4v) is 2.30. The summed E-state index contributed by atoms with van der Waals surface area (Å²) in [6, 6.07) is 17.7. The van der Waals surface area contributed by atoms with Gasteiger partial charge in [-0.05, 0) is 42.5 Å². The highest BCUT2D eigenvalue weighted by atomic mass is 16.5. The average Bonchev–Trinajstić information content (AvgIpc) is 2.55. The Morgan fingerprint density at radius 2 is 1.71 bits per heavy atom. The van der Waals surface area contributed by atoms with Crippen LogP contribution < -0.4 is 9.47 Å². The fraction of sp³-hybridized carbons (Fsp3) is 0.333. The molecule has 0 aliphatic carbocycles. The molecule has 0 radical (unpaired) electrons. The molecule has 0 saturated heterocycles. The summed E-state index contributed by atoms with van der Waals surface area (Å²) in [4.78, 5) is 0. The SMILES string of the molecule is COc1ccccc1CC(CO)CCOc1ccccc1. The summed E-state index contributed by atoms with van der Waals surface area (Å²) < 4.78 is 11.0. The van der Waals surface area contributed by atoms with Gasteiger partial charge in [0.05, 0.1) is 13.7 Å². The molecule has 2 aromatic rings. The summed E-state index contributed by atoms with van der Waals surface area (Å²) in [5.41, 5.74) is 1.12. The van der Waals surface area contributed by atoms with Gasteiger partial charge in [-0.2, -0.15) is 0 Å². The lowest BCUT2D eigenvalue weighted by Gasteiger charge is -2.16. The van der Waals surface area contributed by atoms with Crippen molar-refractivity contribution < 1.29 is 14.6 Å². The van der Waals surface area contributed by atoms with Crippen molar-refractivity contribution in [3.05, 3.63) is 60.2 Å². The van der Waals surface area contributed by atoms with Crippen LogP contribution in [0.3, 0.4) is 0 Å². The van der Waals surface area contributed by atoms with Gasteiger partial charge >= 0.3 is 0 Å². The molecule has 2 aromatic carbocycles. The van der Waals surface area contributed by atoms with E-state index in [2.05, 4.69) is 0 Å². The van der Waals surface area contributed by atoms with E-state index in [0.29, 0.717) is 6.61 Å². The Morgan fingerprint density at radius 1 is 1.00 bits per heavy atom. The lowest BCUT2D eigenvalue weighted by atomic mass is 9.96. The van der Waals surface area contributed by atoms with Crippen LogP contribution in [-0.2, 0) is 6.42 Å². The number of hydrogen-bond acceptors (Lipinski definition) is 3. The predicted molar refractivity (Wildman–Crippen MR) is 83.8 cm³/mol. The van der Waals surface area contributed by atoms with Gasteiger partial charge in [0, 0.05) is 6.61 Å². The summed E-state index contributed by atoms with van der Waals surface area (Å²) in [7, 11) is 1.67. The first-order valence-electron chi connectivity index (χ1n) is 7.24. The number of methoxy groups -OCH3 is 1. The highest BCUT2D eigenvalue weighted by molar-refractivity contribution is 5.33. The third-order valence-corrected chi connectivity index (χ3v) is 3.50. The van der Waals surface area contributed by atoms with Crippen LogP contribution in [0.4, 0.5) is 0 Å². The van der Waals surface area contributed by atoms with Crippen molar-refractivity contribution in [1.29, 1.82) is 0 Å². The van der Waals surface area contributed by atoms with Crippen LogP contribution in [0.15, 0.2) is 54.6 Å². The third kappa shape index (κ3) is 4.80. The lowest BCUT2D eigenvalue weighted by molar-refractivity contribution is 0.190. The molecular formula is C18H22O3. The monoisotopic (exact) mass is 286 g/mol. The Morgan fingerprint density at radius 3 is 2.43 bits per heavy atom. The first-order chi connectivity index (χ1) is 10.3. The minimum absolute atomic E-state index is 0.149. The Bertz CT molecular complexity index is 525. The quantitative estimate of drug-likeness (QED) is 0.809. The van der Waals surface area contributed by atoms with Crippen LogP contribution in [0.1, 0.15) is 12.0 Å². The molecule has 0 bridgehead atoms. The van der Waals surface area contributed by atoms with E-state index < -0.39 is 0 Å². The van der Waals surface area contributed by atoms with E-state index in [-0.39, 0.29) is 12.5 Å². The largest absolute Gasteiger partial charge is 0.496 e. The normalized spacial score (nSPS) is 11.9. The van der Waals surface area contributed by atoms with Gasteiger partial charge in [0.15, 0.2) is 0 Å². The van der Waals surface area contributed by atoms with Gasteiger partial charge < -0.3 is 14.6 Å². The van der Waals surface area contributed by atoms with E-state index in [1.54, 1.807) is 7.11 Å². The molecule has 0 aliphatic rings. The number of aliphatic hydroxyl groups excluding tert-OH is 1. The zero-order chi connectivity index (χ0) is 14.9. The van der Waals surface area contributed by atoms with Gasteiger partial charge in [0.25, 0.3) is 0 Å². The Labute approximate surface area is 126 Å². The van der Waals surface area contributed by atoms with Crippen molar-refractivity contribution in [3.8, 4) is 11.5 Å². The number of rotatable bonds is 8. The number of aliphatic hydroxyl groups is 1. The molecule has 3 nitrogen and oxygen atoms in total. The highest BCUT2D eigenvalue weighted by Crippen LogP contribution is 2.22. The topological polar surface area (TPSA) is 38.7 Å². The van der Waals surface area contributed by atoms with Crippen molar-refractivity contribution in [2.75, 3.05) is 20.3 Å². The van der Waals surface area contributed by atoms with E-state index in [1.165, 1.54) is 0 Å². The molecule has 2 rings (SSSR count). The van der Waals surface area contributed by atoms with Gasteiger partial charge in [0.1, 0.15) is 11.5 Å². The van der Waals surface area contributed by atoms with Gasteiger partial charge in [-0.25, -0.2) is 0 Å². The van der Waals surface area contributed by atoms with Gasteiger partial charge in [-0.3, -0.25) is 0 Å². The zero-order valence-corrected chi connectivity index (χ0v) is 12.4. The molecule has 0 heterocycles. The number of para-hydroxylation sites is 2. The van der Waals surface area contributed by atoms with Crippen molar-refractivity contribution in [2.45, 2.75) is 12.8 Å². The minimum atomic E-state index is 0.149. The van der Waals surface area contributed by atoms with E-state index in [4.69, 9.17) is 9.47 Å². The second-order valence-corrected chi connectivity index (χ2v) is 5.01. The maximum absolute atomic E-state index is 9.55. The van der Waals surface area contributed by atoms with Gasteiger partial charge in [0.2, 0.25) is 0 Å². The first kappa shape index (κ1) is 15.4. The lowest BCUT2D eigenvalue weighted by Crippen LogP contribution is -2.14. The standard InChI is InChI=1S/C18H22O3/c1-20-18-10-6-5-7-16(18)13-15(14-19)11-12-21-17-8-3-2-4-9-17/h2-10,15,19H,11-14H2,1H3. The first-order valence-corrected chi connectivity index (χ1v) is 7.24. The molecular weight excluding hydrogens is 264 g/mol. The summed E-state index contributed by atoms with van der Waals surface area (Å²) in [6.07, 6.45) is 1.60. The van der Waals surface area contributed by atoms with Gasteiger partial charge in [-0.15, -0.1) is 0 Å². The zero-order valence-electron chi connectivity index (χ0n) is 12.4. The number of ether oxygens (including phenoxy) is 2. The molecule has 0 aliphatic heterocycles. The van der Waals surface area contributed by atoms with Crippen molar-refractivity contribution in [3.63, 3.8) is 0 Å². The van der Waals surface area contributed by atoms with Crippen molar-refractivity contribution >= 4 is 0 Å². The van der Waals surface area contributed by atoms with Crippen LogP contribution in [0, 0.1) is 5.92 Å². The second kappa shape index (κ2) is 8.32.